The minimum atomic E-state index is -5.25. The highest BCUT2D eigenvalue weighted by Crippen LogP contribution is 2.36. The number of ether oxygens (including phenoxy) is 2. The molecule has 1 heterocycles. The minimum absolute atomic E-state index is 0.0570. The quantitative estimate of drug-likeness (QED) is 0.452. The predicted molar refractivity (Wildman–Crippen MR) is 65.8 cm³/mol. The number of aromatic nitrogens is 1. The molecule has 0 radical (unpaired) electrons. The van der Waals surface area contributed by atoms with Crippen molar-refractivity contribution in [2.75, 3.05) is 6.61 Å². The Morgan fingerprint density at radius 3 is 2.30 bits per heavy atom. The van der Waals surface area contributed by atoms with Crippen LogP contribution in [0, 0.1) is 0 Å². The topological polar surface area (TPSA) is 48.4 Å². The second kappa shape index (κ2) is 7.24. The first kappa shape index (κ1) is 19.3. The summed E-state index contributed by atoms with van der Waals surface area (Å²) in [4.78, 5) is 14.6. The van der Waals surface area contributed by atoms with Gasteiger partial charge in [0, 0.05) is 11.6 Å². The smallest absolute Gasteiger partial charge is 0.466 e. The number of hydrogen-bond acceptors (Lipinski definition) is 4. The van der Waals surface area contributed by atoms with Gasteiger partial charge in [0.05, 0.1) is 24.6 Å². The lowest BCUT2D eigenvalue weighted by Crippen LogP contribution is -2.22. The van der Waals surface area contributed by atoms with E-state index in [2.05, 4.69) is 14.5 Å². The Bertz CT molecular complexity index is 573. The molecule has 1 aromatic heterocycles. The van der Waals surface area contributed by atoms with Crippen molar-refractivity contribution < 1.29 is 40.6 Å². The largest absolute Gasteiger partial charge is 0.573 e. The molecule has 130 valence electrons. The molecule has 0 bridgehead atoms. The van der Waals surface area contributed by atoms with Gasteiger partial charge >= 0.3 is 18.5 Å². The Labute approximate surface area is 131 Å². The van der Waals surface area contributed by atoms with E-state index >= 15 is 0 Å². The molecule has 0 aliphatic heterocycles. The molecule has 1 aromatic rings. The van der Waals surface area contributed by atoms with Crippen LogP contribution in [0.2, 0.25) is 0 Å². The van der Waals surface area contributed by atoms with Crippen LogP contribution in [0.1, 0.15) is 23.9 Å². The Balaban J connectivity index is 3.41. The highest BCUT2D eigenvalue weighted by atomic mass is 35.5. The van der Waals surface area contributed by atoms with Crippen molar-refractivity contribution in [2.24, 2.45) is 0 Å². The number of esters is 1. The summed E-state index contributed by atoms with van der Waals surface area (Å²) in [5.74, 6) is -2.79. The molecular weight excluding hydrogens is 356 g/mol. The van der Waals surface area contributed by atoms with Crippen molar-refractivity contribution in [3.8, 4) is 5.75 Å². The number of rotatable bonds is 5. The Kier molecular flexibility index (Phi) is 6.09. The molecule has 0 spiro atoms. The van der Waals surface area contributed by atoms with Crippen molar-refractivity contribution in [1.82, 2.24) is 4.98 Å². The van der Waals surface area contributed by atoms with Crippen molar-refractivity contribution in [1.29, 1.82) is 0 Å². The second-order valence-corrected chi connectivity index (χ2v) is 4.36. The fourth-order valence-corrected chi connectivity index (χ4v) is 1.84. The monoisotopic (exact) mass is 365 g/mol. The van der Waals surface area contributed by atoms with Gasteiger partial charge in [0.1, 0.15) is 11.4 Å². The minimum Gasteiger partial charge on any atom is -0.466 e. The fraction of sp³-hybridized carbons (Fsp3) is 0.500. The molecule has 4 nitrogen and oxygen atoms in total. The van der Waals surface area contributed by atoms with E-state index in [-0.39, 0.29) is 12.7 Å². The molecule has 0 unspecified atom stereocenters. The highest BCUT2D eigenvalue weighted by molar-refractivity contribution is 6.17. The van der Waals surface area contributed by atoms with E-state index in [4.69, 9.17) is 11.6 Å². The number of carbonyl (C=O) groups excluding carboxylic acids is 1. The number of alkyl halides is 7. The summed E-state index contributed by atoms with van der Waals surface area (Å²) >= 11 is 5.44. The molecule has 0 aliphatic carbocycles. The van der Waals surface area contributed by atoms with Crippen LogP contribution in [-0.2, 0) is 28.0 Å². The van der Waals surface area contributed by atoms with Gasteiger partial charge in [-0.05, 0) is 6.92 Å². The predicted octanol–water partition coefficient (Wildman–Crippen LogP) is 3.84. The first-order valence-electron chi connectivity index (χ1n) is 6.05. The number of nitrogens with zero attached hydrogens (tertiary/aromatic N) is 1. The molecule has 0 amide bonds. The van der Waals surface area contributed by atoms with Crippen molar-refractivity contribution in [3.63, 3.8) is 0 Å². The van der Waals surface area contributed by atoms with Crippen molar-refractivity contribution >= 4 is 17.6 Å². The van der Waals surface area contributed by atoms with Crippen LogP contribution in [0.15, 0.2) is 6.07 Å². The van der Waals surface area contributed by atoms with E-state index in [0.29, 0.717) is 0 Å². The summed E-state index contributed by atoms with van der Waals surface area (Å²) in [5, 5.41) is 0. The Hall–Kier alpha value is -1.71. The van der Waals surface area contributed by atoms with E-state index < -0.39 is 53.5 Å². The van der Waals surface area contributed by atoms with Crippen molar-refractivity contribution in [2.45, 2.75) is 31.8 Å². The van der Waals surface area contributed by atoms with Gasteiger partial charge in [-0.25, -0.2) is 4.98 Å². The third-order valence-corrected chi connectivity index (χ3v) is 2.69. The maximum Gasteiger partial charge on any atom is 0.573 e. The lowest BCUT2D eigenvalue weighted by atomic mass is 10.1. The number of pyridine rings is 1. The molecule has 0 aliphatic rings. The average molecular weight is 366 g/mol. The summed E-state index contributed by atoms with van der Waals surface area (Å²) in [7, 11) is 0. The number of hydrogen-bond donors (Lipinski definition) is 0. The highest BCUT2D eigenvalue weighted by Gasteiger charge is 2.38. The van der Waals surface area contributed by atoms with E-state index in [1.807, 2.05) is 0 Å². The van der Waals surface area contributed by atoms with Gasteiger partial charge in [0.2, 0.25) is 0 Å². The molecule has 0 saturated heterocycles. The maximum absolute atomic E-state index is 12.7. The molecule has 11 heteroatoms. The summed E-state index contributed by atoms with van der Waals surface area (Å²) in [5.41, 5.74) is -2.67. The van der Waals surface area contributed by atoms with Crippen LogP contribution in [0.25, 0.3) is 0 Å². The maximum atomic E-state index is 12.7. The van der Waals surface area contributed by atoms with E-state index in [0.717, 1.165) is 0 Å². The summed E-state index contributed by atoms with van der Waals surface area (Å²) in [6.45, 7) is 1.40. The van der Waals surface area contributed by atoms with Gasteiger partial charge in [-0.1, -0.05) is 0 Å². The fourth-order valence-electron chi connectivity index (χ4n) is 1.62. The third kappa shape index (κ3) is 5.77. The standard InChI is InChI=1S/C12H10ClF6NO3/c1-2-22-10(21)3-6-7(5-13)20-9(11(14,15)16)4-8(6)23-12(17,18)19/h4H,2-3,5H2,1H3. The lowest BCUT2D eigenvalue weighted by molar-refractivity contribution is -0.275. The van der Waals surface area contributed by atoms with Gasteiger partial charge in [-0.2, -0.15) is 13.2 Å². The van der Waals surface area contributed by atoms with E-state index in [9.17, 15) is 31.1 Å². The normalized spacial score (nSPS) is 12.2. The summed E-state index contributed by atoms with van der Waals surface area (Å²) in [6, 6.07) is 0.0676. The number of halogens is 7. The van der Waals surface area contributed by atoms with Gasteiger partial charge in [-0.3, -0.25) is 4.79 Å². The summed E-state index contributed by atoms with van der Waals surface area (Å²) < 4.78 is 83.4. The Morgan fingerprint density at radius 2 is 1.87 bits per heavy atom. The van der Waals surface area contributed by atoms with Crippen LogP contribution >= 0.6 is 11.6 Å². The van der Waals surface area contributed by atoms with Gasteiger partial charge in [0.25, 0.3) is 0 Å². The van der Waals surface area contributed by atoms with Gasteiger partial charge in [-0.15, -0.1) is 24.8 Å². The van der Waals surface area contributed by atoms with Crippen LogP contribution < -0.4 is 4.74 Å². The summed E-state index contributed by atoms with van der Waals surface area (Å²) in [6.07, 6.45) is -11.0. The Morgan fingerprint density at radius 1 is 1.26 bits per heavy atom. The lowest BCUT2D eigenvalue weighted by Gasteiger charge is -2.17. The molecule has 0 atom stereocenters. The van der Waals surface area contributed by atoms with Gasteiger partial charge in [0.15, 0.2) is 0 Å². The van der Waals surface area contributed by atoms with Gasteiger partial charge < -0.3 is 9.47 Å². The molecule has 0 fully saturated rings. The molecule has 1 rings (SSSR count). The average Bonchev–Trinajstić information content (AvgIpc) is 2.37. The second-order valence-electron chi connectivity index (χ2n) is 4.09. The first-order chi connectivity index (χ1) is 10.5. The zero-order valence-electron chi connectivity index (χ0n) is 11.5. The van der Waals surface area contributed by atoms with Crippen LogP contribution in [0.5, 0.6) is 5.75 Å². The molecule has 0 aromatic carbocycles. The molecular formula is C12H10ClF6NO3. The first-order valence-corrected chi connectivity index (χ1v) is 6.58. The molecule has 0 N–H and O–H groups in total. The zero-order chi connectivity index (χ0) is 17.8. The van der Waals surface area contributed by atoms with Crippen LogP contribution in [0.4, 0.5) is 26.3 Å². The van der Waals surface area contributed by atoms with E-state index in [1.165, 1.54) is 6.92 Å². The zero-order valence-corrected chi connectivity index (χ0v) is 12.3. The molecule has 0 saturated carbocycles. The van der Waals surface area contributed by atoms with E-state index in [1.54, 1.807) is 0 Å². The SMILES string of the molecule is CCOC(=O)Cc1c(OC(F)(F)F)cc(C(F)(F)F)nc1CCl. The van der Waals surface area contributed by atoms with Crippen LogP contribution in [0.3, 0.4) is 0 Å². The molecule has 23 heavy (non-hydrogen) atoms. The third-order valence-electron chi connectivity index (χ3n) is 2.44. The number of carbonyl (C=O) groups is 1. The van der Waals surface area contributed by atoms with Crippen LogP contribution in [-0.4, -0.2) is 23.9 Å². The van der Waals surface area contributed by atoms with Crippen molar-refractivity contribution in [3.05, 3.63) is 23.0 Å².